The van der Waals surface area contributed by atoms with Gasteiger partial charge >= 0.3 is 0 Å². The van der Waals surface area contributed by atoms with E-state index in [-0.39, 0.29) is 0 Å². The van der Waals surface area contributed by atoms with E-state index in [0.29, 0.717) is 0 Å². The molecule has 0 saturated heterocycles. The summed E-state index contributed by atoms with van der Waals surface area (Å²) in [5.74, 6) is 0. The van der Waals surface area contributed by atoms with Crippen LogP contribution in [0.4, 0.5) is 0 Å². The largest absolute Gasteiger partial charge is 0.144 e. The Morgan fingerprint density at radius 2 is 1.29 bits per heavy atom. The summed E-state index contributed by atoms with van der Waals surface area (Å²) in [4.78, 5) is 1.28. The van der Waals surface area contributed by atoms with Crippen LogP contribution in [-0.4, -0.2) is 0 Å². The van der Waals surface area contributed by atoms with Crippen LogP contribution >= 0.6 is 11.3 Å². The maximum Gasteiger partial charge on any atom is 0.0276 e. The van der Waals surface area contributed by atoms with Crippen LogP contribution in [0.25, 0.3) is 11.6 Å². The number of thiophene rings is 1. The van der Waals surface area contributed by atoms with Gasteiger partial charge in [-0.25, -0.2) is 0 Å². The molecule has 1 aromatic heterocycles. The Hall–Kier alpha value is -2.12. The van der Waals surface area contributed by atoms with Gasteiger partial charge in [-0.1, -0.05) is 65.7 Å². The van der Waals surface area contributed by atoms with Crippen LogP contribution in [0.15, 0.2) is 66.0 Å². The molecule has 0 aliphatic rings. The first kappa shape index (κ1) is 13.8. The van der Waals surface area contributed by atoms with Crippen molar-refractivity contribution in [2.75, 3.05) is 0 Å². The fourth-order valence-electron chi connectivity index (χ4n) is 2.32. The lowest BCUT2D eigenvalue weighted by Gasteiger charge is -2.09. The zero-order valence-electron chi connectivity index (χ0n) is 12.3. The quantitative estimate of drug-likeness (QED) is 0.559. The third-order valence-electron chi connectivity index (χ3n) is 3.55. The van der Waals surface area contributed by atoms with Crippen molar-refractivity contribution in [3.05, 3.63) is 93.2 Å². The second kappa shape index (κ2) is 6.11. The van der Waals surface area contributed by atoms with Crippen molar-refractivity contribution in [1.29, 1.82) is 0 Å². The normalized spacial score (nSPS) is 10.4. The Labute approximate surface area is 130 Å². The molecule has 0 bridgehead atoms. The molecular weight excluding hydrogens is 272 g/mol. The predicted octanol–water partition coefficient (Wildman–Crippen LogP) is 5.95. The fraction of sp³-hybridized carbons (Fsp3) is 0.100. The standard InChI is InChI=1S/C20H18S/c1-15-5-9-17(10-6-15)20(14-19-4-3-13-21-19)18-11-7-16(2)8-12-18/h3-14H,1-2H3. The maximum atomic E-state index is 2.28. The van der Waals surface area contributed by atoms with Crippen LogP contribution in [-0.2, 0) is 0 Å². The summed E-state index contributed by atoms with van der Waals surface area (Å²) in [6.07, 6.45) is 2.28. The van der Waals surface area contributed by atoms with Gasteiger partial charge in [-0.15, -0.1) is 11.3 Å². The Kier molecular flexibility index (Phi) is 4.03. The average molecular weight is 290 g/mol. The SMILES string of the molecule is Cc1ccc(C(=Cc2cccs2)c2ccc(C)cc2)cc1. The first-order chi connectivity index (χ1) is 10.2. The minimum atomic E-state index is 1.26. The summed E-state index contributed by atoms with van der Waals surface area (Å²) in [5.41, 5.74) is 6.38. The molecule has 0 saturated carbocycles. The van der Waals surface area contributed by atoms with Gasteiger partial charge < -0.3 is 0 Å². The molecule has 0 fully saturated rings. The van der Waals surface area contributed by atoms with E-state index in [0.717, 1.165) is 0 Å². The summed E-state index contributed by atoms with van der Waals surface area (Å²) < 4.78 is 0. The topological polar surface area (TPSA) is 0 Å². The third kappa shape index (κ3) is 3.32. The molecule has 0 N–H and O–H groups in total. The van der Waals surface area contributed by atoms with Gasteiger partial charge in [0.2, 0.25) is 0 Å². The molecule has 3 aromatic rings. The van der Waals surface area contributed by atoms with Crippen molar-refractivity contribution >= 4 is 23.0 Å². The summed E-state index contributed by atoms with van der Waals surface area (Å²) in [6, 6.07) is 21.8. The van der Waals surface area contributed by atoms with Crippen molar-refractivity contribution in [3.8, 4) is 0 Å². The fourth-order valence-corrected chi connectivity index (χ4v) is 2.97. The maximum absolute atomic E-state index is 2.28. The van der Waals surface area contributed by atoms with E-state index >= 15 is 0 Å². The third-order valence-corrected chi connectivity index (χ3v) is 4.37. The second-order valence-corrected chi connectivity index (χ2v) is 6.28. The molecule has 0 radical (unpaired) electrons. The van der Waals surface area contributed by atoms with Crippen LogP contribution in [0.3, 0.4) is 0 Å². The molecule has 0 nitrogen and oxygen atoms in total. The van der Waals surface area contributed by atoms with E-state index in [1.807, 2.05) is 0 Å². The van der Waals surface area contributed by atoms with Gasteiger partial charge in [0.05, 0.1) is 0 Å². The van der Waals surface area contributed by atoms with Crippen LogP contribution in [0.1, 0.15) is 27.1 Å². The van der Waals surface area contributed by atoms with Gasteiger partial charge in [-0.05, 0) is 48.1 Å². The average Bonchev–Trinajstić information content (AvgIpc) is 3.00. The summed E-state index contributed by atoms with van der Waals surface area (Å²) in [5, 5.41) is 2.12. The lowest BCUT2D eigenvalue weighted by Crippen LogP contribution is -1.88. The first-order valence-electron chi connectivity index (χ1n) is 7.12. The number of benzene rings is 2. The molecule has 104 valence electrons. The number of rotatable bonds is 3. The van der Waals surface area contributed by atoms with Crippen LogP contribution in [0.5, 0.6) is 0 Å². The van der Waals surface area contributed by atoms with Gasteiger partial charge in [0, 0.05) is 4.88 Å². The Balaban J connectivity index is 2.10. The highest BCUT2D eigenvalue weighted by Crippen LogP contribution is 2.28. The molecule has 1 heteroatoms. The van der Waals surface area contributed by atoms with Crippen LogP contribution in [0, 0.1) is 13.8 Å². The van der Waals surface area contributed by atoms with Gasteiger partial charge in [0.15, 0.2) is 0 Å². The summed E-state index contributed by atoms with van der Waals surface area (Å²) in [7, 11) is 0. The minimum absolute atomic E-state index is 1.26. The van der Waals surface area contributed by atoms with Crippen molar-refractivity contribution in [1.82, 2.24) is 0 Å². The number of hydrogen-bond donors (Lipinski definition) is 0. The van der Waals surface area contributed by atoms with E-state index in [2.05, 4.69) is 86.0 Å². The molecular formula is C20H18S. The highest BCUT2D eigenvalue weighted by molar-refractivity contribution is 7.10. The molecule has 0 aliphatic carbocycles. The predicted molar refractivity (Wildman–Crippen MR) is 93.7 cm³/mol. The second-order valence-electron chi connectivity index (χ2n) is 5.31. The zero-order chi connectivity index (χ0) is 14.7. The minimum Gasteiger partial charge on any atom is -0.144 e. The molecule has 0 atom stereocenters. The van der Waals surface area contributed by atoms with E-state index in [9.17, 15) is 0 Å². The lowest BCUT2D eigenvalue weighted by molar-refractivity contribution is 1.43. The smallest absolute Gasteiger partial charge is 0.0276 e. The van der Waals surface area contributed by atoms with E-state index in [1.54, 1.807) is 11.3 Å². The van der Waals surface area contributed by atoms with Crippen molar-refractivity contribution in [2.45, 2.75) is 13.8 Å². The molecule has 3 rings (SSSR count). The Morgan fingerprint density at radius 3 is 1.71 bits per heavy atom. The molecule has 2 aromatic carbocycles. The first-order valence-corrected chi connectivity index (χ1v) is 7.99. The van der Waals surface area contributed by atoms with Crippen LogP contribution < -0.4 is 0 Å². The Bertz CT molecular complexity index is 682. The van der Waals surface area contributed by atoms with Crippen molar-refractivity contribution < 1.29 is 0 Å². The highest BCUT2D eigenvalue weighted by atomic mass is 32.1. The highest BCUT2D eigenvalue weighted by Gasteiger charge is 2.06. The molecule has 0 spiro atoms. The molecule has 1 heterocycles. The monoisotopic (exact) mass is 290 g/mol. The van der Waals surface area contributed by atoms with Crippen molar-refractivity contribution in [3.63, 3.8) is 0 Å². The van der Waals surface area contributed by atoms with E-state index < -0.39 is 0 Å². The molecule has 0 amide bonds. The van der Waals surface area contributed by atoms with E-state index in [4.69, 9.17) is 0 Å². The molecule has 0 unspecified atom stereocenters. The van der Waals surface area contributed by atoms with Gasteiger partial charge in [0.25, 0.3) is 0 Å². The summed E-state index contributed by atoms with van der Waals surface area (Å²) in [6.45, 7) is 4.25. The molecule has 0 aliphatic heterocycles. The number of aryl methyl sites for hydroxylation is 2. The molecule has 21 heavy (non-hydrogen) atoms. The van der Waals surface area contributed by atoms with Gasteiger partial charge in [-0.2, -0.15) is 0 Å². The van der Waals surface area contributed by atoms with E-state index in [1.165, 1.54) is 32.7 Å². The van der Waals surface area contributed by atoms with Gasteiger partial charge in [-0.3, -0.25) is 0 Å². The number of hydrogen-bond acceptors (Lipinski definition) is 1. The van der Waals surface area contributed by atoms with Gasteiger partial charge in [0.1, 0.15) is 0 Å². The summed E-state index contributed by atoms with van der Waals surface area (Å²) >= 11 is 1.77. The van der Waals surface area contributed by atoms with Crippen LogP contribution in [0.2, 0.25) is 0 Å². The Morgan fingerprint density at radius 1 is 0.762 bits per heavy atom. The zero-order valence-corrected chi connectivity index (χ0v) is 13.2. The van der Waals surface area contributed by atoms with Crippen molar-refractivity contribution in [2.24, 2.45) is 0 Å². The lowest BCUT2D eigenvalue weighted by atomic mass is 9.96.